The minimum absolute atomic E-state index is 0.274. The fourth-order valence-corrected chi connectivity index (χ4v) is 5.80. The highest BCUT2D eigenvalue weighted by Crippen LogP contribution is 2.41. The largest absolute Gasteiger partial charge is 0.441 e. The van der Waals surface area contributed by atoms with E-state index in [1.807, 2.05) is 42.7 Å². The third-order valence-electron chi connectivity index (χ3n) is 7.50. The molecule has 0 radical (unpaired) electrons. The molecule has 1 saturated carbocycles. The van der Waals surface area contributed by atoms with E-state index in [1.54, 1.807) is 17.0 Å². The van der Waals surface area contributed by atoms with Crippen molar-refractivity contribution < 1.29 is 13.9 Å². The van der Waals surface area contributed by atoms with E-state index in [2.05, 4.69) is 19.4 Å². The van der Waals surface area contributed by atoms with Crippen LogP contribution < -0.4 is 0 Å². The Bertz CT molecular complexity index is 1510. The van der Waals surface area contributed by atoms with Crippen molar-refractivity contribution in [3.05, 3.63) is 90.0 Å². The van der Waals surface area contributed by atoms with Gasteiger partial charge >= 0.3 is 6.09 Å². The van der Waals surface area contributed by atoms with Crippen LogP contribution in [0.5, 0.6) is 0 Å². The predicted octanol–water partition coefficient (Wildman–Crippen LogP) is 6.37. The Morgan fingerprint density at radius 2 is 2.05 bits per heavy atom. The van der Waals surface area contributed by atoms with Crippen LogP contribution >= 0.6 is 0 Å². The molecule has 3 heterocycles. The lowest BCUT2D eigenvalue weighted by Crippen LogP contribution is -2.40. The number of carbonyl (C=O) groups is 1. The van der Waals surface area contributed by atoms with E-state index in [4.69, 9.17) is 11.3 Å². The van der Waals surface area contributed by atoms with E-state index in [1.165, 1.54) is 12.3 Å². The molecule has 1 aliphatic heterocycles. The molecule has 37 heavy (non-hydrogen) atoms. The first-order chi connectivity index (χ1) is 18.0. The molecule has 0 N–H and O–H groups in total. The van der Waals surface area contributed by atoms with E-state index in [-0.39, 0.29) is 6.09 Å². The summed E-state index contributed by atoms with van der Waals surface area (Å²) in [7, 11) is 0. The van der Waals surface area contributed by atoms with Gasteiger partial charge in [0.15, 0.2) is 5.69 Å². The molecule has 7 nitrogen and oxygen atoms in total. The van der Waals surface area contributed by atoms with Gasteiger partial charge in [-0.25, -0.2) is 19.6 Å². The lowest BCUT2D eigenvalue weighted by molar-refractivity contribution is 0.00415. The molecule has 4 aromatic rings. The Hall–Kier alpha value is -4.25. The fourth-order valence-electron chi connectivity index (χ4n) is 5.80. The van der Waals surface area contributed by atoms with Crippen molar-refractivity contribution in [1.29, 1.82) is 0 Å². The van der Waals surface area contributed by atoms with Crippen molar-refractivity contribution in [3.8, 4) is 11.1 Å². The lowest BCUT2D eigenvalue weighted by Gasteiger charge is -2.36. The topological polar surface area (TPSA) is 64.6 Å². The minimum atomic E-state index is -0.509. The molecule has 2 fully saturated rings. The van der Waals surface area contributed by atoms with Crippen LogP contribution in [0.25, 0.3) is 27.0 Å². The molecule has 2 aliphatic rings. The zero-order valence-corrected chi connectivity index (χ0v) is 20.3. The Kier molecular flexibility index (Phi) is 5.84. The zero-order valence-electron chi connectivity index (χ0n) is 20.3. The standard InChI is InChI=1S/C29H26FN5O2/c1-31-24-8-9-25-26(13-24)35(19-33-25)17-21-5-3-11-29(14-21)18-34(28(36)37-29)16-20-4-2-6-22(12-20)23-7-10-27(30)32-15-23/h2,4,6-10,12-13,15,19,21H,3,5,11,14,16-18H2/t21-,29-/m0/s1. The molecule has 2 atom stereocenters. The van der Waals surface area contributed by atoms with E-state index < -0.39 is 11.5 Å². The first-order valence-electron chi connectivity index (χ1n) is 12.5. The number of imidazole rings is 1. The number of rotatable bonds is 5. The average molecular weight is 496 g/mol. The third kappa shape index (κ3) is 4.65. The number of nitrogens with zero attached hydrogens (tertiary/aromatic N) is 5. The zero-order chi connectivity index (χ0) is 25.4. The smallest absolute Gasteiger partial charge is 0.410 e. The van der Waals surface area contributed by atoms with Crippen LogP contribution in [0.1, 0.15) is 31.2 Å². The molecule has 8 heteroatoms. The van der Waals surface area contributed by atoms with Crippen molar-refractivity contribution in [1.82, 2.24) is 19.4 Å². The molecule has 6 rings (SSSR count). The van der Waals surface area contributed by atoms with Crippen molar-refractivity contribution in [3.63, 3.8) is 0 Å². The summed E-state index contributed by atoms with van der Waals surface area (Å²) in [5, 5.41) is 0. The maximum Gasteiger partial charge on any atom is 0.410 e. The molecular weight excluding hydrogens is 469 g/mol. The average Bonchev–Trinajstić information content (AvgIpc) is 3.43. The molecule has 2 aromatic heterocycles. The number of hydrogen-bond acceptors (Lipinski definition) is 4. The summed E-state index contributed by atoms with van der Waals surface area (Å²) in [5.74, 6) is -0.157. The van der Waals surface area contributed by atoms with Gasteiger partial charge in [0, 0.05) is 24.8 Å². The van der Waals surface area contributed by atoms with Crippen molar-refractivity contribution in [2.45, 2.75) is 44.4 Å². The van der Waals surface area contributed by atoms with Crippen molar-refractivity contribution in [2.24, 2.45) is 5.92 Å². The highest BCUT2D eigenvalue weighted by molar-refractivity contribution is 5.79. The van der Waals surface area contributed by atoms with Crippen molar-refractivity contribution in [2.75, 3.05) is 6.54 Å². The van der Waals surface area contributed by atoms with Gasteiger partial charge in [0.1, 0.15) is 5.60 Å². The first kappa shape index (κ1) is 23.2. The van der Waals surface area contributed by atoms with E-state index in [0.29, 0.717) is 24.7 Å². The van der Waals surface area contributed by atoms with Gasteiger partial charge in [-0.1, -0.05) is 24.3 Å². The Morgan fingerprint density at radius 1 is 1.14 bits per heavy atom. The van der Waals surface area contributed by atoms with Gasteiger partial charge in [-0.15, -0.1) is 0 Å². The van der Waals surface area contributed by atoms with Crippen LogP contribution in [0.4, 0.5) is 14.9 Å². The quantitative estimate of drug-likeness (QED) is 0.238. The highest BCUT2D eigenvalue weighted by Gasteiger charge is 2.47. The lowest BCUT2D eigenvalue weighted by atomic mass is 9.78. The normalized spacial score (nSPS) is 21.4. The predicted molar refractivity (Wildman–Crippen MR) is 137 cm³/mol. The molecule has 186 valence electrons. The number of hydrogen-bond donors (Lipinski definition) is 0. The number of halogens is 1. The van der Waals surface area contributed by atoms with Gasteiger partial charge in [0.2, 0.25) is 5.95 Å². The molecular formula is C29H26FN5O2. The maximum absolute atomic E-state index is 13.2. The number of fused-ring (bicyclic) bond motifs is 1. The van der Waals surface area contributed by atoms with Gasteiger partial charge < -0.3 is 9.30 Å². The molecule has 1 saturated heterocycles. The van der Waals surface area contributed by atoms with Gasteiger partial charge in [0.05, 0.1) is 30.5 Å². The molecule has 0 bridgehead atoms. The molecule has 0 unspecified atom stereocenters. The summed E-state index contributed by atoms with van der Waals surface area (Å²) in [4.78, 5) is 26.5. The monoisotopic (exact) mass is 495 g/mol. The molecule has 1 aliphatic carbocycles. The second-order valence-corrected chi connectivity index (χ2v) is 10.1. The highest BCUT2D eigenvalue weighted by atomic mass is 19.1. The minimum Gasteiger partial charge on any atom is -0.441 e. The van der Waals surface area contributed by atoms with E-state index in [9.17, 15) is 9.18 Å². The van der Waals surface area contributed by atoms with Crippen LogP contribution in [-0.2, 0) is 17.8 Å². The summed E-state index contributed by atoms with van der Waals surface area (Å²) in [6.07, 6.45) is 6.81. The second kappa shape index (κ2) is 9.32. The number of carbonyl (C=O) groups excluding carboxylic acids is 1. The molecule has 1 amide bonds. The van der Waals surface area contributed by atoms with Crippen molar-refractivity contribution >= 4 is 22.8 Å². The summed E-state index contributed by atoms with van der Waals surface area (Å²) < 4.78 is 21.4. The summed E-state index contributed by atoms with van der Waals surface area (Å²) in [6.45, 7) is 9.12. The Labute approximate surface area is 214 Å². The maximum atomic E-state index is 13.2. The van der Waals surface area contributed by atoms with Gasteiger partial charge in [-0.05, 0) is 73.1 Å². The summed E-state index contributed by atoms with van der Waals surface area (Å²) in [5.41, 5.74) is 4.73. The van der Waals surface area contributed by atoms with Crippen LogP contribution in [0.3, 0.4) is 0 Å². The summed E-state index contributed by atoms with van der Waals surface area (Å²) >= 11 is 0. The third-order valence-corrected chi connectivity index (χ3v) is 7.50. The van der Waals surface area contributed by atoms with Gasteiger partial charge in [-0.2, -0.15) is 4.39 Å². The van der Waals surface area contributed by atoms with Crippen LogP contribution in [-0.4, -0.2) is 37.7 Å². The number of aromatic nitrogens is 3. The van der Waals surface area contributed by atoms with Gasteiger partial charge in [0.25, 0.3) is 0 Å². The molecule has 1 spiro atoms. The second-order valence-electron chi connectivity index (χ2n) is 10.1. The number of pyridine rings is 1. The Morgan fingerprint density at radius 3 is 2.89 bits per heavy atom. The van der Waals surface area contributed by atoms with Crippen LogP contribution in [0.2, 0.25) is 0 Å². The summed E-state index contributed by atoms with van der Waals surface area (Å²) in [6, 6.07) is 16.5. The fraction of sp³-hybridized carbons (Fsp3) is 0.310. The van der Waals surface area contributed by atoms with Gasteiger partial charge in [-0.3, -0.25) is 4.90 Å². The number of ether oxygens (including phenoxy) is 1. The van der Waals surface area contributed by atoms with Crippen LogP contribution in [0, 0.1) is 18.4 Å². The number of benzene rings is 2. The SMILES string of the molecule is [C-]#[N+]c1ccc2ncn(C[C@H]3CCC[C@]4(C3)CN(Cc3cccc(-c5ccc(F)nc5)c3)C(=O)O4)c2c1. The first-order valence-corrected chi connectivity index (χ1v) is 12.5. The number of amides is 1. The Balaban J connectivity index is 1.15. The van der Waals surface area contributed by atoms with E-state index >= 15 is 0 Å². The van der Waals surface area contributed by atoms with E-state index in [0.717, 1.165) is 60.0 Å². The van der Waals surface area contributed by atoms with Crippen LogP contribution in [0.15, 0.2) is 67.1 Å². The molecule has 2 aromatic carbocycles.